The fraction of sp³-hybridized carbons (Fsp3) is 0.222. The number of aromatic amines is 1. The van der Waals surface area contributed by atoms with E-state index in [9.17, 15) is 13.5 Å². The number of aliphatic hydroxyl groups excluding tert-OH is 1. The normalized spacial score (nSPS) is 13.4. The summed E-state index contributed by atoms with van der Waals surface area (Å²) in [7, 11) is -4.09. The first kappa shape index (κ1) is 24.9. The number of hydrazine groups is 1. The van der Waals surface area contributed by atoms with Crippen LogP contribution in [0.5, 0.6) is 0 Å². The Morgan fingerprint density at radius 2 is 2.00 bits per heavy atom. The number of hydrogen-bond donors (Lipinski definition) is 9. The zero-order valence-electron chi connectivity index (χ0n) is 17.4. The number of H-pyrrole nitrogens is 1. The Morgan fingerprint density at radius 1 is 1.24 bits per heavy atom. The second-order valence-electron chi connectivity index (χ2n) is 6.89. The van der Waals surface area contributed by atoms with Crippen molar-refractivity contribution in [3.63, 3.8) is 0 Å². The van der Waals surface area contributed by atoms with Gasteiger partial charge in [-0.1, -0.05) is 18.2 Å². The SMILES string of the molecule is NCc1nc2c(-c3ccc(S(=O)(=O)NC[C@H](O)CN)c(SN)c3/C(N)=N/NN)cccc2[nH]1. The van der Waals surface area contributed by atoms with Crippen LogP contribution in [0.25, 0.3) is 22.2 Å². The van der Waals surface area contributed by atoms with E-state index in [2.05, 4.69) is 25.3 Å². The molecule has 15 heteroatoms. The van der Waals surface area contributed by atoms with E-state index in [0.29, 0.717) is 34.4 Å². The van der Waals surface area contributed by atoms with E-state index in [1.54, 1.807) is 12.1 Å². The smallest absolute Gasteiger partial charge is 0.241 e. The van der Waals surface area contributed by atoms with Crippen LogP contribution in [0.3, 0.4) is 0 Å². The molecule has 0 spiro atoms. The van der Waals surface area contributed by atoms with Crippen LogP contribution in [0.1, 0.15) is 11.4 Å². The van der Waals surface area contributed by atoms with Gasteiger partial charge in [-0.2, -0.15) is 0 Å². The van der Waals surface area contributed by atoms with E-state index in [4.69, 9.17) is 28.2 Å². The summed E-state index contributed by atoms with van der Waals surface area (Å²) in [5, 5.41) is 19.4. The molecule has 0 saturated carbocycles. The minimum atomic E-state index is -4.09. The highest BCUT2D eigenvalue weighted by Gasteiger charge is 2.26. The molecule has 3 aromatic rings. The number of aliphatic hydroxyl groups is 1. The van der Waals surface area contributed by atoms with Gasteiger partial charge in [0.25, 0.3) is 0 Å². The zero-order chi connectivity index (χ0) is 24.2. The Kier molecular flexibility index (Phi) is 7.88. The Balaban J connectivity index is 2.27. The molecule has 0 saturated heterocycles. The topological polar surface area (TPSA) is 250 Å². The van der Waals surface area contributed by atoms with Gasteiger partial charge in [0.05, 0.1) is 33.5 Å². The van der Waals surface area contributed by atoms with E-state index < -0.39 is 16.1 Å². The van der Waals surface area contributed by atoms with Gasteiger partial charge in [-0.15, -0.1) is 5.10 Å². The van der Waals surface area contributed by atoms with Crippen molar-refractivity contribution >= 4 is 38.8 Å². The maximum atomic E-state index is 13.0. The van der Waals surface area contributed by atoms with Crippen LogP contribution >= 0.6 is 11.9 Å². The molecule has 13 nitrogen and oxygen atoms in total. The fourth-order valence-corrected chi connectivity index (χ4v) is 5.41. The van der Waals surface area contributed by atoms with Crippen LogP contribution in [0.2, 0.25) is 0 Å². The molecule has 0 aliphatic carbocycles. The van der Waals surface area contributed by atoms with Gasteiger partial charge in [0.15, 0.2) is 5.84 Å². The molecular formula is C18H26N10O3S2. The highest BCUT2D eigenvalue weighted by molar-refractivity contribution is 7.98. The standard InChI is InChI=1S/C18H26N10O3S2/c19-6-9(29)8-24-33(30,31)13-5-4-10(15(17(13)32-23)18(21)27-28-22)11-2-1-3-12-16(11)26-14(7-20)25-12/h1-5,9,24,28-29H,6-8,19-20,22-23H2,(H2,21,27)(H,25,26)/t9-/m1/s1. The third-order valence-corrected chi connectivity index (χ3v) is 7.05. The lowest BCUT2D eigenvalue weighted by molar-refractivity contribution is 0.186. The molecule has 178 valence electrons. The summed E-state index contributed by atoms with van der Waals surface area (Å²) in [6.45, 7) is -0.165. The van der Waals surface area contributed by atoms with Crippen LogP contribution in [0.15, 0.2) is 45.2 Å². The summed E-state index contributed by atoms with van der Waals surface area (Å²) in [5.74, 6) is 5.81. The number of aromatic nitrogens is 2. The molecule has 0 unspecified atom stereocenters. The molecule has 1 atom stereocenters. The molecule has 0 amide bonds. The van der Waals surface area contributed by atoms with E-state index >= 15 is 0 Å². The molecule has 0 radical (unpaired) electrons. The lowest BCUT2D eigenvalue weighted by atomic mass is 9.97. The minimum absolute atomic E-state index is 0.0916. The van der Waals surface area contributed by atoms with Crippen molar-refractivity contribution < 1.29 is 13.5 Å². The first-order valence-corrected chi connectivity index (χ1v) is 12.0. The van der Waals surface area contributed by atoms with Gasteiger partial charge in [-0.05, 0) is 29.6 Å². The predicted molar refractivity (Wildman–Crippen MR) is 128 cm³/mol. The quantitative estimate of drug-likeness (QED) is 0.0506. The molecule has 33 heavy (non-hydrogen) atoms. The van der Waals surface area contributed by atoms with Gasteiger partial charge in [-0.3, -0.25) is 5.14 Å². The van der Waals surface area contributed by atoms with Crippen LogP contribution < -0.4 is 38.4 Å². The van der Waals surface area contributed by atoms with Gasteiger partial charge in [0.1, 0.15) is 5.82 Å². The molecule has 0 aliphatic rings. The lowest BCUT2D eigenvalue weighted by Crippen LogP contribution is -2.36. The van der Waals surface area contributed by atoms with Crippen molar-refractivity contribution in [2.75, 3.05) is 13.1 Å². The predicted octanol–water partition coefficient (Wildman–Crippen LogP) is -1.66. The van der Waals surface area contributed by atoms with E-state index in [-0.39, 0.29) is 40.8 Å². The largest absolute Gasteiger partial charge is 0.390 e. The van der Waals surface area contributed by atoms with E-state index in [1.807, 2.05) is 12.1 Å². The van der Waals surface area contributed by atoms with Gasteiger partial charge in [0.2, 0.25) is 10.0 Å². The number of fused-ring (bicyclic) bond motifs is 1. The number of rotatable bonds is 10. The number of imidazole rings is 1. The fourth-order valence-electron chi connectivity index (χ4n) is 3.26. The monoisotopic (exact) mass is 494 g/mol. The van der Waals surface area contributed by atoms with Crippen molar-refractivity contribution in [3.05, 3.63) is 41.7 Å². The number of nitrogens with one attached hydrogen (secondary N) is 3. The summed E-state index contributed by atoms with van der Waals surface area (Å²) in [6.07, 6.45) is -1.05. The van der Waals surface area contributed by atoms with E-state index in [1.165, 1.54) is 6.07 Å². The van der Waals surface area contributed by atoms with Crippen LogP contribution in [-0.4, -0.2) is 48.5 Å². The zero-order valence-corrected chi connectivity index (χ0v) is 19.1. The minimum Gasteiger partial charge on any atom is -0.390 e. The molecule has 14 N–H and O–H groups in total. The lowest BCUT2D eigenvalue weighted by Gasteiger charge is -2.18. The molecule has 0 bridgehead atoms. The van der Waals surface area contributed by atoms with Gasteiger partial charge < -0.3 is 27.3 Å². The molecule has 1 aromatic heterocycles. The molecule has 0 aliphatic heterocycles. The first-order valence-electron chi connectivity index (χ1n) is 9.66. The Morgan fingerprint density at radius 3 is 2.64 bits per heavy atom. The summed E-state index contributed by atoms with van der Waals surface area (Å²) in [4.78, 5) is 7.64. The number of para-hydroxylation sites is 1. The molecule has 3 rings (SSSR count). The summed E-state index contributed by atoms with van der Waals surface area (Å²) in [5.41, 5.74) is 22.1. The average Bonchev–Trinajstić information content (AvgIpc) is 3.25. The maximum Gasteiger partial charge on any atom is 0.241 e. The number of nitrogens with two attached hydrogens (primary N) is 5. The Hall–Kier alpha value is -2.76. The van der Waals surface area contributed by atoms with Crippen molar-refractivity contribution in [1.82, 2.24) is 20.2 Å². The second-order valence-corrected chi connectivity index (χ2v) is 9.27. The Bertz CT molecular complexity index is 1280. The third kappa shape index (κ3) is 5.10. The second kappa shape index (κ2) is 10.4. The van der Waals surface area contributed by atoms with Gasteiger partial charge in [-0.25, -0.2) is 29.5 Å². The van der Waals surface area contributed by atoms with Crippen molar-refractivity contribution in [1.29, 1.82) is 0 Å². The molecule has 2 aromatic carbocycles. The highest BCUT2D eigenvalue weighted by atomic mass is 32.2. The highest BCUT2D eigenvalue weighted by Crippen LogP contribution is 2.37. The summed E-state index contributed by atoms with van der Waals surface area (Å²) in [6, 6.07) is 8.43. The summed E-state index contributed by atoms with van der Waals surface area (Å²) >= 11 is 0.683. The van der Waals surface area contributed by atoms with Crippen LogP contribution in [0, 0.1) is 0 Å². The molecule has 1 heterocycles. The van der Waals surface area contributed by atoms with Crippen molar-refractivity contribution in [3.8, 4) is 11.1 Å². The maximum absolute atomic E-state index is 13.0. The van der Waals surface area contributed by atoms with Gasteiger partial charge in [0, 0.05) is 24.2 Å². The van der Waals surface area contributed by atoms with Crippen molar-refractivity contribution in [2.24, 2.45) is 33.3 Å². The average molecular weight is 495 g/mol. The number of nitrogens with zero attached hydrogens (tertiary/aromatic N) is 2. The molecular weight excluding hydrogens is 468 g/mol. The third-order valence-electron chi connectivity index (χ3n) is 4.80. The number of amidine groups is 1. The summed E-state index contributed by atoms with van der Waals surface area (Å²) < 4.78 is 28.3. The van der Waals surface area contributed by atoms with Crippen LogP contribution in [-0.2, 0) is 16.6 Å². The van der Waals surface area contributed by atoms with E-state index in [0.717, 1.165) is 5.52 Å². The number of benzene rings is 2. The van der Waals surface area contributed by atoms with Crippen LogP contribution in [0.4, 0.5) is 0 Å². The number of hydrogen-bond acceptors (Lipinski definition) is 11. The molecule has 0 fully saturated rings. The number of hydrazone groups is 1. The van der Waals surface area contributed by atoms with Crippen molar-refractivity contribution in [2.45, 2.75) is 22.4 Å². The number of sulfonamides is 1. The first-order chi connectivity index (χ1) is 15.8. The van der Waals surface area contributed by atoms with Gasteiger partial charge >= 0.3 is 0 Å². The Labute approximate surface area is 194 Å².